The van der Waals surface area contributed by atoms with Crippen LogP contribution in [0.25, 0.3) is 11.1 Å². The van der Waals surface area contributed by atoms with Crippen LogP contribution in [0.1, 0.15) is 31.4 Å². The quantitative estimate of drug-likeness (QED) is 0.519. The maximum atomic E-state index is 13.9. The fourth-order valence-electron chi connectivity index (χ4n) is 4.45. The van der Waals surface area contributed by atoms with Crippen molar-refractivity contribution in [3.05, 3.63) is 36.2 Å². The number of hydrogen-bond acceptors (Lipinski definition) is 5. The number of halogens is 8. The molecule has 38 heavy (non-hydrogen) atoms. The molecule has 1 aromatic heterocycles. The van der Waals surface area contributed by atoms with Crippen LogP contribution in [0.15, 0.2) is 35.5 Å². The molecule has 8 nitrogen and oxygen atoms in total. The molecular formula is C21H17F8N3O5S. The number of amides is 1. The molecule has 2 atom stereocenters. The molecule has 2 aromatic rings. The molecule has 2 aliphatic rings. The van der Waals surface area contributed by atoms with Crippen molar-refractivity contribution in [1.29, 1.82) is 0 Å². The number of benzene rings is 1. The average Bonchev–Trinajstić information content (AvgIpc) is 3.27. The Morgan fingerprint density at radius 1 is 1.08 bits per heavy atom. The smallest absolute Gasteiger partial charge is 0.417 e. The first-order chi connectivity index (χ1) is 17.4. The van der Waals surface area contributed by atoms with Gasteiger partial charge in [-0.25, -0.2) is 17.9 Å². The Morgan fingerprint density at radius 2 is 1.71 bits per heavy atom. The summed E-state index contributed by atoms with van der Waals surface area (Å²) in [6.45, 7) is -4.15. The third-order valence-corrected chi connectivity index (χ3v) is 8.86. The average molecular weight is 575 g/mol. The zero-order chi connectivity index (χ0) is 28.4. The Bertz CT molecular complexity index is 1380. The van der Waals surface area contributed by atoms with Crippen molar-refractivity contribution in [1.82, 2.24) is 14.7 Å². The summed E-state index contributed by atoms with van der Waals surface area (Å²) >= 11 is 0. The highest BCUT2D eigenvalue weighted by molar-refractivity contribution is 7.92. The molecule has 1 saturated carbocycles. The number of hydrogen-bond donors (Lipinski definition) is 1. The second kappa shape index (κ2) is 8.91. The predicted molar refractivity (Wildman–Crippen MR) is 110 cm³/mol. The summed E-state index contributed by atoms with van der Waals surface area (Å²) in [6.07, 6.45) is -10.9. The van der Waals surface area contributed by atoms with E-state index in [0.29, 0.717) is 12.1 Å². The van der Waals surface area contributed by atoms with Gasteiger partial charge in [-0.2, -0.15) is 40.2 Å². The van der Waals surface area contributed by atoms with Gasteiger partial charge in [-0.3, -0.25) is 4.79 Å². The van der Waals surface area contributed by atoms with Gasteiger partial charge < -0.3 is 10.0 Å². The molecule has 0 spiro atoms. The first-order valence-corrected chi connectivity index (χ1v) is 12.3. The molecule has 208 valence electrons. The van der Waals surface area contributed by atoms with E-state index < -0.39 is 93.6 Å². The lowest BCUT2D eigenvalue weighted by atomic mass is 10.0. The number of carboxylic acid groups (broad SMARTS) is 1. The van der Waals surface area contributed by atoms with Crippen LogP contribution in [0, 0.1) is 5.41 Å². The molecule has 2 fully saturated rings. The number of aromatic nitrogens is 2. The highest BCUT2D eigenvalue weighted by Crippen LogP contribution is 2.59. The van der Waals surface area contributed by atoms with Gasteiger partial charge >= 0.3 is 24.9 Å². The minimum atomic E-state index is -5.29. The van der Waals surface area contributed by atoms with Gasteiger partial charge in [0.25, 0.3) is 0 Å². The summed E-state index contributed by atoms with van der Waals surface area (Å²) < 4.78 is 134. The van der Waals surface area contributed by atoms with Gasteiger partial charge in [0.15, 0.2) is 9.84 Å². The molecule has 1 aliphatic heterocycles. The number of carbonyl (C=O) groups excluding carboxylic acids is 1. The Kier molecular flexibility index (Phi) is 6.52. The number of alkyl halides is 8. The van der Waals surface area contributed by atoms with Crippen LogP contribution in [-0.4, -0.2) is 64.1 Å². The zero-order valence-electron chi connectivity index (χ0n) is 18.8. The first kappa shape index (κ1) is 27.8. The Balaban J connectivity index is 1.72. The Hall–Kier alpha value is -3.24. The predicted octanol–water partition coefficient (Wildman–Crippen LogP) is 4.13. The fraction of sp³-hybridized carbons (Fsp3) is 0.476. The van der Waals surface area contributed by atoms with Gasteiger partial charge in [-0.1, -0.05) is 6.07 Å². The maximum Gasteiger partial charge on any atom is 0.417 e. The van der Waals surface area contributed by atoms with Crippen molar-refractivity contribution in [2.75, 3.05) is 6.54 Å². The first-order valence-electron chi connectivity index (χ1n) is 10.8. The third-order valence-electron chi connectivity index (χ3n) is 6.68. The van der Waals surface area contributed by atoms with E-state index in [-0.39, 0.29) is 20.7 Å². The lowest BCUT2D eigenvalue weighted by molar-refractivity contribution is -0.199. The number of rotatable bonds is 6. The molecule has 1 aromatic carbocycles. The molecule has 1 saturated heterocycles. The van der Waals surface area contributed by atoms with Gasteiger partial charge in [-0.15, -0.1) is 0 Å². The van der Waals surface area contributed by atoms with E-state index in [1.54, 1.807) is 0 Å². The number of carbonyl (C=O) groups is 2. The summed E-state index contributed by atoms with van der Waals surface area (Å²) in [7, 11) is -5.05. The summed E-state index contributed by atoms with van der Waals surface area (Å²) in [6, 6.07) is -0.179. The normalized spacial score (nSPS) is 21.7. The van der Waals surface area contributed by atoms with Crippen molar-refractivity contribution in [3.63, 3.8) is 0 Å². The van der Waals surface area contributed by atoms with Gasteiger partial charge in [0.2, 0.25) is 5.91 Å². The van der Waals surface area contributed by atoms with Crippen LogP contribution >= 0.6 is 0 Å². The van der Waals surface area contributed by atoms with E-state index in [9.17, 15) is 58.2 Å². The Morgan fingerprint density at radius 3 is 2.18 bits per heavy atom. The molecule has 1 aliphatic carbocycles. The fourth-order valence-corrected chi connectivity index (χ4v) is 6.34. The molecule has 2 heterocycles. The summed E-state index contributed by atoms with van der Waals surface area (Å²) in [5, 5.41) is 10.8. The summed E-state index contributed by atoms with van der Waals surface area (Å²) in [4.78, 5) is 23.3. The topological polar surface area (TPSA) is 110 Å². The van der Waals surface area contributed by atoms with Crippen LogP contribution in [0.3, 0.4) is 0 Å². The van der Waals surface area contributed by atoms with Gasteiger partial charge in [0.05, 0.1) is 21.9 Å². The summed E-state index contributed by atoms with van der Waals surface area (Å²) in [5.41, 5.74) is -5.06. The number of sulfone groups is 1. The van der Waals surface area contributed by atoms with Crippen molar-refractivity contribution < 1.29 is 58.2 Å². The Labute approximate surface area is 208 Å². The monoisotopic (exact) mass is 575 g/mol. The second-order valence-corrected chi connectivity index (χ2v) is 11.2. The van der Waals surface area contributed by atoms with Crippen molar-refractivity contribution in [3.8, 4) is 11.1 Å². The molecule has 4 rings (SSSR count). The number of likely N-dealkylation sites (tertiary alicyclic amines) is 1. The highest BCUT2D eigenvalue weighted by atomic mass is 32.2. The standard InChI is InChI=1S/C21H17F8N3O5S/c22-18(23)32-8-11(7-30-32)10-1-2-15(13(5-10)20(24,25)26)38(36,37)12-6-14(16(33)34)31(9-12)17(35)19(3-4-19)21(27,28)29/h1-2,5,7-8,12,14,18H,3-4,6,9H2,(H,33,34)/t12-,14+/m1/s1. The van der Waals surface area contributed by atoms with Crippen molar-refractivity contribution >= 4 is 21.7 Å². The minimum Gasteiger partial charge on any atom is -0.480 e. The number of aliphatic carboxylic acids is 1. The van der Waals surface area contributed by atoms with Crippen LogP contribution in [0.4, 0.5) is 35.1 Å². The van der Waals surface area contributed by atoms with Gasteiger partial charge in [0.1, 0.15) is 11.5 Å². The van der Waals surface area contributed by atoms with Crippen LogP contribution < -0.4 is 0 Å². The highest BCUT2D eigenvalue weighted by Gasteiger charge is 2.70. The second-order valence-electron chi connectivity index (χ2n) is 8.99. The van der Waals surface area contributed by atoms with Crippen molar-refractivity contribution in [2.45, 2.75) is 54.4 Å². The van der Waals surface area contributed by atoms with Crippen LogP contribution in [0.5, 0.6) is 0 Å². The molecular weight excluding hydrogens is 558 g/mol. The van der Waals surface area contributed by atoms with E-state index in [2.05, 4.69) is 5.10 Å². The van der Waals surface area contributed by atoms with E-state index in [1.807, 2.05) is 0 Å². The molecule has 1 N–H and O–H groups in total. The van der Waals surface area contributed by atoms with E-state index in [4.69, 9.17) is 0 Å². The largest absolute Gasteiger partial charge is 0.480 e. The van der Waals surface area contributed by atoms with Gasteiger partial charge in [0, 0.05) is 18.3 Å². The van der Waals surface area contributed by atoms with E-state index >= 15 is 0 Å². The number of nitrogens with zero attached hydrogens (tertiary/aromatic N) is 3. The third kappa shape index (κ3) is 4.60. The SMILES string of the molecule is O=C(O)[C@@H]1C[C@@H](S(=O)(=O)c2ccc(-c3cnn(C(F)F)c3)cc2C(F)(F)F)CN1C(=O)C1(C(F)(F)F)CC1. The molecule has 0 bridgehead atoms. The molecule has 1 amide bonds. The van der Waals surface area contributed by atoms with Gasteiger partial charge in [-0.05, 0) is 37.0 Å². The lowest BCUT2D eigenvalue weighted by Crippen LogP contribution is -2.48. The van der Waals surface area contributed by atoms with E-state index in [0.717, 1.165) is 18.5 Å². The number of carboxylic acids is 1. The molecule has 17 heteroatoms. The van der Waals surface area contributed by atoms with Crippen molar-refractivity contribution in [2.24, 2.45) is 5.41 Å². The molecule has 0 radical (unpaired) electrons. The zero-order valence-corrected chi connectivity index (χ0v) is 19.6. The minimum absolute atomic E-state index is 0.164. The van der Waals surface area contributed by atoms with E-state index in [1.165, 1.54) is 0 Å². The molecule has 0 unspecified atom stereocenters. The maximum absolute atomic E-state index is 13.9. The lowest BCUT2D eigenvalue weighted by Gasteiger charge is -2.28. The van der Waals surface area contributed by atoms with Crippen LogP contribution in [0.2, 0.25) is 0 Å². The summed E-state index contributed by atoms with van der Waals surface area (Å²) in [5.74, 6) is -3.45. The van der Waals surface area contributed by atoms with Crippen LogP contribution in [-0.2, 0) is 25.6 Å².